The molecule has 0 radical (unpaired) electrons. The molecule has 1 aromatic carbocycles. The Hall–Kier alpha value is -1.39. The molecular formula is C11H14O4. The van der Waals surface area contributed by atoms with Crippen LogP contribution in [0.15, 0.2) is 30.3 Å². The van der Waals surface area contributed by atoms with E-state index in [-0.39, 0.29) is 6.61 Å². The van der Waals surface area contributed by atoms with E-state index in [1.54, 1.807) is 0 Å². The van der Waals surface area contributed by atoms with Crippen LogP contribution in [0.4, 0.5) is 0 Å². The maximum atomic E-state index is 10.1. The highest BCUT2D eigenvalue weighted by atomic mass is 16.5. The molecule has 0 fully saturated rings. The van der Waals surface area contributed by atoms with E-state index in [4.69, 9.17) is 14.6 Å². The summed E-state index contributed by atoms with van der Waals surface area (Å²) >= 11 is 0. The van der Waals surface area contributed by atoms with E-state index in [0.717, 1.165) is 5.56 Å². The quantitative estimate of drug-likeness (QED) is 0.689. The SMILES string of the molecule is O=C(O)COCCOCc1ccccc1. The molecule has 0 heterocycles. The molecule has 15 heavy (non-hydrogen) atoms. The summed E-state index contributed by atoms with van der Waals surface area (Å²) in [4.78, 5) is 10.1. The number of carboxylic acid groups (broad SMARTS) is 1. The predicted octanol–water partition coefficient (Wildman–Crippen LogP) is 1.30. The second-order valence-corrected chi connectivity index (χ2v) is 2.98. The molecule has 4 nitrogen and oxygen atoms in total. The fourth-order valence-electron chi connectivity index (χ4n) is 1.04. The standard InChI is InChI=1S/C11H14O4/c12-11(13)9-15-7-6-14-8-10-4-2-1-3-5-10/h1-5H,6-9H2,(H,12,13). The molecule has 0 aromatic heterocycles. The van der Waals surface area contributed by atoms with Gasteiger partial charge in [0.15, 0.2) is 0 Å². The van der Waals surface area contributed by atoms with E-state index in [1.807, 2.05) is 30.3 Å². The van der Waals surface area contributed by atoms with Crippen molar-refractivity contribution in [1.82, 2.24) is 0 Å². The van der Waals surface area contributed by atoms with Crippen molar-refractivity contribution in [3.63, 3.8) is 0 Å². The van der Waals surface area contributed by atoms with Crippen molar-refractivity contribution in [2.24, 2.45) is 0 Å². The van der Waals surface area contributed by atoms with Crippen LogP contribution >= 0.6 is 0 Å². The fourth-order valence-corrected chi connectivity index (χ4v) is 1.04. The van der Waals surface area contributed by atoms with Crippen molar-refractivity contribution < 1.29 is 19.4 Å². The Morgan fingerprint density at radius 3 is 2.47 bits per heavy atom. The van der Waals surface area contributed by atoms with Crippen LogP contribution in [0.1, 0.15) is 5.56 Å². The van der Waals surface area contributed by atoms with Gasteiger partial charge in [-0.25, -0.2) is 4.79 Å². The van der Waals surface area contributed by atoms with Crippen molar-refractivity contribution in [3.8, 4) is 0 Å². The molecular weight excluding hydrogens is 196 g/mol. The van der Waals surface area contributed by atoms with Gasteiger partial charge in [-0.05, 0) is 5.56 Å². The van der Waals surface area contributed by atoms with Crippen LogP contribution in [-0.2, 0) is 20.9 Å². The first kappa shape index (κ1) is 11.7. The van der Waals surface area contributed by atoms with Crippen molar-refractivity contribution in [2.45, 2.75) is 6.61 Å². The highest BCUT2D eigenvalue weighted by Gasteiger charge is 1.96. The second-order valence-electron chi connectivity index (χ2n) is 2.98. The summed E-state index contributed by atoms with van der Waals surface area (Å²) in [7, 11) is 0. The molecule has 1 N–H and O–H groups in total. The number of aliphatic carboxylic acids is 1. The van der Waals surface area contributed by atoms with Crippen LogP contribution in [0.25, 0.3) is 0 Å². The molecule has 0 aliphatic carbocycles. The lowest BCUT2D eigenvalue weighted by Gasteiger charge is -2.04. The van der Waals surface area contributed by atoms with Crippen molar-refractivity contribution in [3.05, 3.63) is 35.9 Å². The summed E-state index contributed by atoms with van der Waals surface area (Å²) in [6.07, 6.45) is 0. The largest absolute Gasteiger partial charge is 0.480 e. The van der Waals surface area contributed by atoms with Crippen molar-refractivity contribution >= 4 is 5.97 Å². The van der Waals surface area contributed by atoms with Crippen LogP contribution in [0.2, 0.25) is 0 Å². The summed E-state index contributed by atoms with van der Waals surface area (Å²) in [5.74, 6) is -0.960. The predicted molar refractivity (Wildman–Crippen MR) is 54.6 cm³/mol. The maximum Gasteiger partial charge on any atom is 0.329 e. The third kappa shape index (κ3) is 5.83. The second kappa shape index (κ2) is 6.98. The van der Waals surface area contributed by atoms with Gasteiger partial charge in [-0.3, -0.25) is 0 Å². The first-order valence-corrected chi connectivity index (χ1v) is 4.70. The number of hydrogen-bond donors (Lipinski definition) is 1. The van der Waals surface area contributed by atoms with Gasteiger partial charge in [-0.2, -0.15) is 0 Å². The summed E-state index contributed by atoms with van der Waals surface area (Å²) in [5, 5.41) is 8.28. The number of carboxylic acids is 1. The third-order valence-corrected chi connectivity index (χ3v) is 1.71. The lowest BCUT2D eigenvalue weighted by atomic mass is 10.2. The molecule has 4 heteroatoms. The van der Waals surface area contributed by atoms with Crippen molar-refractivity contribution in [2.75, 3.05) is 19.8 Å². The maximum absolute atomic E-state index is 10.1. The number of rotatable bonds is 7. The average Bonchev–Trinajstić information content (AvgIpc) is 2.24. The lowest BCUT2D eigenvalue weighted by Crippen LogP contribution is -2.11. The van der Waals surface area contributed by atoms with E-state index < -0.39 is 5.97 Å². The number of hydrogen-bond acceptors (Lipinski definition) is 3. The molecule has 1 aromatic rings. The smallest absolute Gasteiger partial charge is 0.329 e. The molecule has 0 saturated heterocycles. The number of benzene rings is 1. The minimum absolute atomic E-state index is 0.269. The Balaban J connectivity index is 2.00. The van der Waals surface area contributed by atoms with E-state index in [1.165, 1.54) is 0 Å². The van der Waals surface area contributed by atoms with Gasteiger partial charge in [0.2, 0.25) is 0 Å². The molecule has 0 atom stereocenters. The monoisotopic (exact) mass is 210 g/mol. The van der Waals surface area contributed by atoms with Crippen LogP contribution in [0.5, 0.6) is 0 Å². The van der Waals surface area contributed by atoms with Crippen LogP contribution < -0.4 is 0 Å². The van der Waals surface area contributed by atoms with Gasteiger partial charge in [0, 0.05) is 0 Å². The minimum Gasteiger partial charge on any atom is -0.480 e. The highest BCUT2D eigenvalue weighted by Crippen LogP contribution is 1.99. The third-order valence-electron chi connectivity index (χ3n) is 1.71. The Morgan fingerprint density at radius 2 is 1.80 bits per heavy atom. The molecule has 0 bridgehead atoms. The van der Waals surface area contributed by atoms with E-state index >= 15 is 0 Å². The molecule has 0 spiro atoms. The normalized spacial score (nSPS) is 10.1. The summed E-state index contributed by atoms with van der Waals surface area (Å²) in [5.41, 5.74) is 1.09. The van der Waals surface area contributed by atoms with Gasteiger partial charge in [0.05, 0.1) is 19.8 Å². The average molecular weight is 210 g/mol. The molecule has 0 aliphatic heterocycles. The number of ether oxygens (including phenoxy) is 2. The van der Waals surface area contributed by atoms with Gasteiger partial charge in [0.1, 0.15) is 6.61 Å². The molecule has 0 saturated carbocycles. The van der Waals surface area contributed by atoms with Crippen LogP contribution in [0, 0.1) is 0 Å². The zero-order valence-electron chi connectivity index (χ0n) is 8.39. The fraction of sp³-hybridized carbons (Fsp3) is 0.364. The first-order chi connectivity index (χ1) is 7.29. The molecule has 0 amide bonds. The molecule has 82 valence electrons. The highest BCUT2D eigenvalue weighted by molar-refractivity contribution is 5.67. The summed E-state index contributed by atoms with van der Waals surface area (Å²) < 4.78 is 10.1. The first-order valence-electron chi connectivity index (χ1n) is 4.70. The molecule has 0 unspecified atom stereocenters. The number of carbonyl (C=O) groups is 1. The van der Waals surface area contributed by atoms with E-state index in [2.05, 4.69) is 0 Å². The van der Waals surface area contributed by atoms with Crippen molar-refractivity contribution in [1.29, 1.82) is 0 Å². The van der Waals surface area contributed by atoms with Crippen LogP contribution in [-0.4, -0.2) is 30.9 Å². The topological polar surface area (TPSA) is 55.8 Å². The minimum atomic E-state index is -0.960. The van der Waals surface area contributed by atoms with Gasteiger partial charge >= 0.3 is 5.97 Å². The molecule has 0 aliphatic rings. The van der Waals surface area contributed by atoms with Crippen LogP contribution in [0.3, 0.4) is 0 Å². The Labute approximate surface area is 88.4 Å². The Morgan fingerprint density at radius 1 is 1.13 bits per heavy atom. The van der Waals surface area contributed by atoms with Gasteiger partial charge in [-0.1, -0.05) is 30.3 Å². The summed E-state index contributed by atoms with van der Waals surface area (Å²) in [6, 6.07) is 9.77. The van der Waals surface area contributed by atoms with E-state index in [0.29, 0.717) is 19.8 Å². The Bertz CT molecular complexity index is 284. The Kier molecular flexibility index (Phi) is 5.43. The van der Waals surface area contributed by atoms with Gasteiger partial charge < -0.3 is 14.6 Å². The zero-order chi connectivity index (χ0) is 10.9. The lowest BCUT2D eigenvalue weighted by molar-refractivity contribution is -0.142. The summed E-state index contributed by atoms with van der Waals surface area (Å²) in [6.45, 7) is 0.966. The van der Waals surface area contributed by atoms with Gasteiger partial charge in [0.25, 0.3) is 0 Å². The van der Waals surface area contributed by atoms with E-state index in [9.17, 15) is 4.79 Å². The zero-order valence-corrected chi connectivity index (χ0v) is 8.39. The van der Waals surface area contributed by atoms with Gasteiger partial charge in [-0.15, -0.1) is 0 Å². The molecule has 1 rings (SSSR count).